The van der Waals surface area contributed by atoms with Crippen LogP contribution in [0.3, 0.4) is 0 Å². The lowest BCUT2D eigenvalue weighted by molar-refractivity contribution is 0.340. The van der Waals surface area contributed by atoms with E-state index in [0.717, 1.165) is 42.5 Å². The van der Waals surface area contributed by atoms with Crippen molar-refractivity contribution in [3.05, 3.63) is 76.9 Å². The fourth-order valence-corrected chi connectivity index (χ4v) is 5.99. The average molecular weight is 454 g/mol. The van der Waals surface area contributed by atoms with Crippen molar-refractivity contribution in [3.8, 4) is 11.4 Å². The molecule has 2 atom stereocenters. The SMILES string of the molecule is CCOc1ccc(-n2c(C)c3c(C)nnc(N4CCC5=C(C4)NC4C=CC=CC54)c3c2C)cc1. The third kappa shape index (κ3) is 3.16. The predicted molar refractivity (Wildman–Crippen MR) is 137 cm³/mol. The second-order valence-electron chi connectivity index (χ2n) is 9.43. The van der Waals surface area contributed by atoms with Crippen molar-refractivity contribution in [2.24, 2.45) is 5.92 Å². The highest BCUT2D eigenvalue weighted by molar-refractivity contribution is 5.99. The average Bonchev–Trinajstić information content (AvgIpc) is 3.35. The van der Waals surface area contributed by atoms with E-state index >= 15 is 0 Å². The Morgan fingerprint density at radius 3 is 2.56 bits per heavy atom. The molecule has 3 aromatic rings. The number of allylic oxidation sites excluding steroid dienone is 2. The Labute approximate surface area is 200 Å². The van der Waals surface area contributed by atoms with E-state index < -0.39 is 0 Å². The van der Waals surface area contributed by atoms with Crippen molar-refractivity contribution >= 4 is 16.6 Å². The molecule has 0 fully saturated rings. The van der Waals surface area contributed by atoms with Crippen molar-refractivity contribution in [3.63, 3.8) is 0 Å². The number of fused-ring (bicyclic) bond motifs is 3. The summed E-state index contributed by atoms with van der Waals surface area (Å²) < 4.78 is 7.97. The maximum absolute atomic E-state index is 5.65. The number of aryl methyl sites for hydroxylation is 3. The minimum atomic E-state index is 0.392. The van der Waals surface area contributed by atoms with Crippen molar-refractivity contribution in [2.45, 2.75) is 40.2 Å². The summed E-state index contributed by atoms with van der Waals surface area (Å²) >= 11 is 0. The zero-order valence-electron chi connectivity index (χ0n) is 20.3. The van der Waals surface area contributed by atoms with Gasteiger partial charge in [0.1, 0.15) is 5.75 Å². The number of rotatable bonds is 4. The van der Waals surface area contributed by atoms with Gasteiger partial charge in [0.15, 0.2) is 5.82 Å². The van der Waals surface area contributed by atoms with Crippen LogP contribution in [0.25, 0.3) is 16.5 Å². The molecule has 174 valence electrons. The summed E-state index contributed by atoms with van der Waals surface area (Å²) in [6, 6.07) is 8.73. The molecule has 0 saturated heterocycles. The molecule has 0 saturated carbocycles. The molecule has 0 bridgehead atoms. The Balaban J connectivity index is 1.41. The van der Waals surface area contributed by atoms with Crippen LogP contribution in [0.5, 0.6) is 5.75 Å². The van der Waals surface area contributed by atoms with Gasteiger partial charge in [-0.1, -0.05) is 24.3 Å². The molecular formula is C28H31N5O. The fourth-order valence-electron chi connectivity index (χ4n) is 5.99. The fraction of sp³-hybridized carbons (Fsp3) is 0.357. The van der Waals surface area contributed by atoms with Crippen LogP contribution in [0.1, 0.15) is 30.4 Å². The van der Waals surface area contributed by atoms with Gasteiger partial charge in [0.05, 0.1) is 24.9 Å². The molecule has 1 N–H and O–H groups in total. The van der Waals surface area contributed by atoms with E-state index in [4.69, 9.17) is 9.84 Å². The van der Waals surface area contributed by atoms with Crippen LogP contribution in [0, 0.1) is 26.7 Å². The standard InChI is InChI=1S/C28H31N5O/c1-5-34-21-12-10-20(11-13-21)33-18(3)26-17(2)30-31-28(27(26)19(33)4)32-15-14-23-22-8-6-7-9-24(22)29-25(23)16-32/h6-13,22,24,29H,5,14-16H2,1-4H3. The third-order valence-electron chi connectivity index (χ3n) is 7.50. The molecule has 1 aromatic carbocycles. The Bertz CT molecular complexity index is 1360. The molecule has 4 heterocycles. The number of nitrogens with one attached hydrogen (secondary N) is 1. The topological polar surface area (TPSA) is 55.2 Å². The van der Waals surface area contributed by atoms with Crippen LogP contribution in [0.4, 0.5) is 5.82 Å². The number of anilines is 1. The van der Waals surface area contributed by atoms with Gasteiger partial charge in [-0.3, -0.25) is 0 Å². The molecule has 6 nitrogen and oxygen atoms in total. The lowest BCUT2D eigenvalue weighted by atomic mass is 9.88. The van der Waals surface area contributed by atoms with E-state index in [2.05, 4.69) is 77.1 Å². The number of aromatic nitrogens is 3. The minimum absolute atomic E-state index is 0.392. The molecular weight excluding hydrogens is 422 g/mol. The van der Waals surface area contributed by atoms with E-state index in [-0.39, 0.29) is 0 Å². The van der Waals surface area contributed by atoms with Gasteiger partial charge in [0.2, 0.25) is 0 Å². The lowest BCUT2D eigenvalue weighted by Crippen LogP contribution is -2.35. The third-order valence-corrected chi connectivity index (χ3v) is 7.50. The van der Waals surface area contributed by atoms with E-state index in [9.17, 15) is 0 Å². The summed E-state index contributed by atoms with van der Waals surface area (Å²) in [6.07, 6.45) is 9.99. The number of nitrogens with zero attached hydrogens (tertiary/aromatic N) is 4. The monoisotopic (exact) mass is 453 g/mol. The first-order chi connectivity index (χ1) is 16.6. The molecule has 6 rings (SSSR count). The van der Waals surface area contributed by atoms with Gasteiger partial charge in [-0.05, 0) is 64.0 Å². The van der Waals surface area contributed by atoms with Gasteiger partial charge >= 0.3 is 0 Å². The maximum Gasteiger partial charge on any atom is 0.161 e. The zero-order chi connectivity index (χ0) is 23.4. The molecule has 0 amide bonds. The van der Waals surface area contributed by atoms with Crippen LogP contribution in [-0.4, -0.2) is 40.5 Å². The first kappa shape index (κ1) is 21.0. The number of ether oxygens (including phenoxy) is 1. The predicted octanol–water partition coefficient (Wildman–Crippen LogP) is 4.92. The van der Waals surface area contributed by atoms with E-state index in [0.29, 0.717) is 18.6 Å². The van der Waals surface area contributed by atoms with Gasteiger partial charge in [-0.15, -0.1) is 5.10 Å². The van der Waals surface area contributed by atoms with Crippen LogP contribution in [0.15, 0.2) is 59.8 Å². The molecule has 3 aliphatic rings. The Morgan fingerprint density at radius 2 is 1.76 bits per heavy atom. The van der Waals surface area contributed by atoms with Crippen LogP contribution >= 0.6 is 0 Å². The molecule has 2 aromatic heterocycles. The van der Waals surface area contributed by atoms with Gasteiger partial charge in [-0.25, -0.2) is 0 Å². The zero-order valence-corrected chi connectivity index (χ0v) is 20.3. The molecule has 0 radical (unpaired) electrons. The quantitative estimate of drug-likeness (QED) is 0.608. The molecule has 0 spiro atoms. The summed E-state index contributed by atoms with van der Waals surface area (Å²) in [5.74, 6) is 2.38. The maximum atomic E-state index is 5.65. The lowest BCUT2D eigenvalue weighted by Gasteiger charge is -2.30. The van der Waals surface area contributed by atoms with Gasteiger partial charge in [-0.2, -0.15) is 5.10 Å². The highest BCUT2D eigenvalue weighted by Crippen LogP contribution is 2.40. The Hall–Kier alpha value is -3.54. The van der Waals surface area contributed by atoms with Gasteiger partial charge in [0.25, 0.3) is 0 Å². The molecule has 34 heavy (non-hydrogen) atoms. The summed E-state index contributed by atoms with van der Waals surface area (Å²) in [4.78, 5) is 2.40. The van der Waals surface area contributed by atoms with E-state index in [1.54, 1.807) is 5.57 Å². The highest BCUT2D eigenvalue weighted by atomic mass is 16.5. The van der Waals surface area contributed by atoms with Crippen LogP contribution < -0.4 is 15.0 Å². The largest absolute Gasteiger partial charge is 0.494 e. The van der Waals surface area contributed by atoms with E-state index in [1.165, 1.54) is 27.9 Å². The Kier molecular flexibility index (Phi) is 4.97. The summed E-state index contributed by atoms with van der Waals surface area (Å²) in [5.41, 5.74) is 7.40. The van der Waals surface area contributed by atoms with Crippen LogP contribution in [0.2, 0.25) is 0 Å². The summed E-state index contributed by atoms with van der Waals surface area (Å²) in [5, 5.41) is 15.5. The molecule has 2 unspecified atom stereocenters. The molecule has 1 aliphatic carbocycles. The van der Waals surface area contributed by atoms with Crippen molar-refractivity contribution in [1.82, 2.24) is 20.1 Å². The van der Waals surface area contributed by atoms with Crippen molar-refractivity contribution in [1.29, 1.82) is 0 Å². The first-order valence-corrected chi connectivity index (χ1v) is 12.2. The van der Waals surface area contributed by atoms with Crippen molar-refractivity contribution < 1.29 is 4.74 Å². The minimum Gasteiger partial charge on any atom is -0.494 e. The smallest absolute Gasteiger partial charge is 0.161 e. The van der Waals surface area contributed by atoms with Gasteiger partial charge in [0, 0.05) is 46.0 Å². The second kappa shape index (κ2) is 8.05. The molecule has 2 aliphatic heterocycles. The number of benzene rings is 1. The second-order valence-corrected chi connectivity index (χ2v) is 9.43. The van der Waals surface area contributed by atoms with Gasteiger partial charge < -0.3 is 19.5 Å². The molecule has 6 heteroatoms. The summed E-state index contributed by atoms with van der Waals surface area (Å²) in [6.45, 7) is 10.9. The highest BCUT2D eigenvalue weighted by Gasteiger charge is 2.36. The number of hydrogen-bond acceptors (Lipinski definition) is 5. The Morgan fingerprint density at radius 1 is 1.00 bits per heavy atom. The van der Waals surface area contributed by atoms with Crippen LogP contribution in [-0.2, 0) is 0 Å². The summed E-state index contributed by atoms with van der Waals surface area (Å²) in [7, 11) is 0. The number of hydrogen-bond donors (Lipinski definition) is 1. The normalized spacial score (nSPS) is 21.1. The van der Waals surface area contributed by atoms with E-state index in [1.807, 2.05) is 19.1 Å². The van der Waals surface area contributed by atoms with Crippen molar-refractivity contribution in [2.75, 3.05) is 24.6 Å². The first-order valence-electron chi connectivity index (χ1n) is 12.2.